The Bertz CT molecular complexity index is 410. The molecule has 0 N–H and O–H groups in total. The van der Waals surface area contributed by atoms with Gasteiger partial charge in [0.15, 0.2) is 0 Å². The van der Waals surface area contributed by atoms with Crippen LogP contribution in [0.4, 0.5) is 0 Å². The highest BCUT2D eigenvalue weighted by Crippen LogP contribution is 2.27. The smallest absolute Gasteiger partial charge is 0.216 e. The lowest BCUT2D eigenvalue weighted by Gasteiger charge is -2.23. The second-order valence-electron chi connectivity index (χ2n) is 7.57. The van der Waals surface area contributed by atoms with Crippen molar-refractivity contribution in [3.63, 3.8) is 0 Å². The van der Waals surface area contributed by atoms with Gasteiger partial charge in [-0.3, -0.25) is 0 Å². The highest BCUT2D eigenvalue weighted by atomic mass is 16.5. The lowest BCUT2D eigenvalue weighted by atomic mass is 9.90. The van der Waals surface area contributed by atoms with Crippen LogP contribution in [-0.2, 0) is 10.8 Å². The molecular weight excluding hydrogens is 250 g/mol. The first-order valence-corrected chi connectivity index (χ1v) is 7.18. The fourth-order valence-corrected chi connectivity index (χ4v) is 1.55. The van der Waals surface area contributed by atoms with Crippen LogP contribution in [0.3, 0.4) is 0 Å². The zero-order valence-electron chi connectivity index (χ0n) is 14.2. The molecule has 4 nitrogen and oxygen atoms in total. The normalized spacial score (nSPS) is 12.8. The summed E-state index contributed by atoms with van der Waals surface area (Å²) in [6.07, 6.45) is 0. The van der Waals surface area contributed by atoms with Gasteiger partial charge in [0.2, 0.25) is 5.88 Å². The van der Waals surface area contributed by atoms with Gasteiger partial charge in [0.1, 0.15) is 12.4 Å². The average Bonchev–Trinajstić information content (AvgIpc) is 2.25. The number of likely N-dealkylation sites (N-methyl/N-ethyl adjacent to an activating group) is 1. The minimum Gasteiger partial charge on any atom is -0.476 e. The van der Waals surface area contributed by atoms with Crippen molar-refractivity contribution in [2.45, 2.75) is 52.4 Å². The third-order valence-electron chi connectivity index (χ3n) is 2.93. The predicted molar refractivity (Wildman–Crippen MR) is 83.5 cm³/mol. The Hall–Kier alpha value is -1.16. The van der Waals surface area contributed by atoms with E-state index in [1.165, 1.54) is 0 Å². The molecule has 0 radical (unpaired) electrons. The Morgan fingerprint density at radius 3 is 2.05 bits per heavy atom. The molecule has 0 saturated heterocycles. The molecule has 1 heterocycles. The first-order valence-electron chi connectivity index (χ1n) is 7.18. The van der Waals surface area contributed by atoms with Gasteiger partial charge in [0, 0.05) is 23.4 Å². The predicted octanol–water partition coefficient (Wildman–Crippen LogP) is 3.01. The van der Waals surface area contributed by atoms with Crippen molar-refractivity contribution >= 4 is 0 Å². The third kappa shape index (κ3) is 5.08. The SMILES string of the molecule is CN(C)CCOc1cc(C(C)(C)C)nc(C(C)(C)C)n1. The summed E-state index contributed by atoms with van der Waals surface area (Å²) in [6, 6.07) is 1.96. The van der Waals surface area contributed by atoms with E-state index in [2.05, 4.69) is 51.4 Å². The lowest BCUT2D eigenvalue weighted by Crippen LogP contribution is -2.23. The van der Waals surface area contributed by atoms with Crippen LogP contribution in [0.2, 0.25) is 0 Å². The molecule has 0 atom stereocenters. The number of nitrogens with zero attached hydrogens (tertiary/aromatic N) is 3. The number of ether oxygens (including phenoxy) is 1. The van der Waals surface area contributed by atoms with Crippen molar-refractivity contribution in [3.8, 4) is 5.88 Å². The van der Waals surface area contributed by atoms with Crippen LogP contribution in [0.5, 0.6) is 5.88 Å². The molecular formula is C16H29N3O. The molecule has 0 saturated carbocycles. The largest absolute Gasteiger partial charge is 0.476 e. The summed E-state index contributed by atoms with van der Waals surface area (Å²) in [4.78, 5) is 11.4. The van der Waals surface area contributed by atoms with Gasteiger partial charge in [0.25, 0.3) is 0 Å². The molecule has 0 unspecified atom stereocenters. The standard InChI is InChI=1S/C16H29N3O/c1-15(2,3)12-11-13(20-10-9-19(7)8)18-14(17-12)16(4,5)6/h11H,9-10H2,1-8H3. The summed E-state index contributed by atoms with van der Waals surface area (Å²) < 4.78 is 5.80. The topological polar surface area (TPSA) is 38.2 Å². The van der Waals surface area contributed by atoms with Gasteiger partial charge < -0.3 is 9.64 Å². The molecule has 0 fully saturated rings. The molecule has 0 spiro atoms. The third-order valence-corrected chi connectivity index (χ3v) is 2.93. The van der Waals surface area contributed by atoms with E-state index in [1.807, 2.05) is 20.2 Å². The second-order valence-corrected chi connectivity index (χ2v) is 7.57. The molecule has 0 aliphatic heterocycles. The summed E-state index contributed by atoms with van der Waals surface area (Å²) in [5.74, 6) is 1.52. The van der Waals surface area contributed by atoms with E-state index in [9.17, 15) is 0 Å². The van der Waals surface area contributed by atoms with Crippen molar-refractivity contribution in [2.75, 3.05) is 27.2 Å². The van der Waals surface area contributed by atoms with Gasteiger partial charge in [-0.15, -0.1) is 0 Å². The Morgan fingerprint density at radius 1 is 1.00 bits per heavy atom. The monoisotopic (exact) mass is 279 g/mol. The van der Waals surface area contributed by atoms with Crippen LogP contribution in [0.25, 0.3) is 0 Å². The fourth-order valence-electron chi connectivity index (χ4n) is 1.55. The minimum atomic E-state index is -0.0824. The number of rotatable bonds is 4. The van der Waals surface area contributed by atoms with Gasteiger partial charge in [-0.1, -0.05) is 41.5 Å². The van der Waals surface area contributed by atoms with Gasteiger partial charge in [-0.2, -0.15) is 4.98 Å². The molecule has 0 amide bonds. The molecule has 0 aromatic carbocycles. The lowest BCUT2D eigenvalue weighted by molar-refractivity contribution is 0.251. The maximum atomic E-state index is 5.80. The highest BCUT2D eigenvalue weighted by Gasteiger charge is 2.24. The maximum Gasteiger partial charge on any atom is 0.216 e. The van der Waals surface area contributed by atoms with Crippen LogP contribution < -0.4 is 4.74 Å². The van der Waals surface area contributed by atoms with Gasteiger partial charge in [0.05, 0.1) is 5.69 Å². The summed E-state index contributed by atoms with van der Waals surface area (Å²) >= 11 is 0. The first-order chi connectivity index (χ1) is 9.00. The average molecular weight is 279 g/mol. The molecule has 1 aromatic rings. The maximum absolute atomic E-state index is 5.80. The van der Waals surface area contributed by atoms with Crippen LogP contribution in [0, 0.1) is 0 Å². The molecule has 0 bridgehead atoms. The Morgan fingerprint density at radius 2 is 1.60 bits per heavy atom. The molecule has 0 aliphatic rings. The van der Waals surface area contributed by atoms with Crippen molar-refractivity contribution in [2.24, 2.45) is 0 Å². The summed E-state index contributed by atoms with van der Waals surface area (Å²) in [5, 5.41) is 0. The van der Waals surface area contributed by atoms with Crippen molar-refractivity contribution in [3.05, 3.63) is 17.6 Å². The quantitative estimate of drug-likeness (QED) is 0.849. The van der Waals surface area contributed by atoms with Crippen LogP contribution in [0.15, 0.2) is 6.07 Å². The van der Waals surface area contributed by atoms with E-state index < -0.39 is 0 Å². The van der Waals surface area contributed by atoms with E-state index in [1.54, 1.807) is 0 Å². The van der Waals surface area contributed by atoms with E-state index in [0.29, 0.717) is 12.5 Å². The van der Waals surface area contributed by atoms with Crippen molar-refractivity contribution < 1.29 is 4.74 Å². The van der Waals surface area contributed by atoms with Crippen molar-refractivity contribution in [1.82, 2.24) is 14.9 Å². The zero-order chi connectivity index (χ0) is 15.6. The zero-order valence-corrected chi connectivity index (χ0v) is 14.2. The van der Waals surface area contributed by atoms with Gasteiger partial charge >= 0.3 is 0 Å². The highest BCUT2D eigenvalue weighted by molar-refractivity contribution is 5.24. The van der Waals surface area contributed by atoms with Crippen LogP contribution >= 0.6 is 0 Å². The Balaban J connectivity index is 3.05. The van der Waals surface area contributed by atoms with Gasteiger partial charge in [-0.25, -0.2) is 4.98 Å². The van der Waals surface area contributed by atoms with Gasteiger partial charge in [-0.05, 0) is 14.1 Å². The molecule has 20 heavy (non-hydrogen) atoms. The van der Waals surface area contributed by atoms with E-state index in [4.69, 9.17) is 9.72 Å². The van der Waals surface area contributed by atoms with Crippen LogP contribution in [-0.4, -0.2) is 42.1 Å². The fraction of sp³-hybridized carbons (Fsp3) is 0.750. The Labute approximate surface area is 123 Å². The molecule has 4 heteroatoms. The first kappa shape index (κ1) is 16.9. The summed E-state index contributed by atoms with van der Waals surface area (Å²) in [7, 11) is 4.06. The summed E-state index contributed by atoms with van der Waals surface area (Å²) in [5.41, 5.74) is 0.932. The van der Waals surface area contributed by atoms with Crippen molar-refractivity contribution in [1.29, 1.82) is 0 Å². The number of hydrogen-bond donors (Lipinski definition) is 0. The minimum absolute atomic E-state index is 0.0113. The van der Waals surface area contributed by atoms with E-state index in [0.717, 1.165) is 18.1 Å². The Kier molecular flexibility index (Phi) is 5.14. The van der Waals surface area contributed by atoms with E-state index >= 15 is 0 Å². The summed E-state index contributed by atoms with van der Waals surface area (Å²) in [6.45, 7) is 14.4. The second kappa shape index (κ2) is 6.08. The molecule has 1 aromatic heterocycles. The van der Waals surface area contributed by atoms with Crippen LogP contribution in [0.1, 0.15) is 53.1 Å². The molecule has 114 valence electrons. The van der Waals surface area contributed by atoms with E-state index in [-0.39, 0.29) is 10.8 Å². The number of aromatic nitrogens is 2. The number of hydrogen-bond acceptors (Lipinski definition) is 4. The molecule has 0 aliphatic carbocycles. The molecule has 1 rings (SSSR count).